The number of carboxylic acids is 1. The van der Waals surface area contributed by atoms with E-state index in [1.807, 2.05) is 0 Å². The van der Waals surface area contributed by atoms with Gasteiger partial charge >= 0.3 is 5.97 Å². The van der Waals surface area contributed by atoms with Crippen molar-refractivity contribution in [1.82, 2.24) is 5.32 Å². The molecule has 0 bridgehead atoms. The molecule has 0 aliphatic carbocycles. The molecule has 1 amide bonds. The topological polar surface area (TPSA) is 204 Å². The number of carbonyl (C=O) groups is 2. The van der Waals surface area contributed by atoms with Gasteiger partial charge in [0.2, 0.25) is 5.91 Å². The first-order chi connectivity index (χ1) is 28.5. The summed E-state index contributed by atoms with van der Waals surface area (Å²) in [5.41, 5.74) is 0. The number of aliphatic hydroxyl groups excluding tert-OH is 5. The van der Waals surface area contributed by atoms with Crippen LogP contribution in [0.5, 0.6) is 0 Å². The van der Waals surface area contributed by atoms with Crippen LogP contribution in [0, 0.1) is 0 Å². The average molecular weight is 848 g/mol. The number of aliphatic carboxylic acids is 1. The van der Waals surface area contributed by atoms with Crippen LogP contribution >= 0.6 is 0 Å². The number of rotatable bonds is 41. The summed E-state index contributed by atoms with van der Waals surface area (Å²) in [5.74, 6) is -5.37. The van der Waals surface area contributed by atoms with E-state index < -0.39 is 73.5 Å². The van der Waals surface area contributed by atoms with E-state index in [2.05, 4.69) is 19.2 Å². The molecule has 0 aromatic rings. The molecule has 1 rings (SSSR count). The van der Waals surface area contributed by atoms with E-state index in [9.17, 15) is 40.2 Å². The van der Waals surface area contributed by atoms with Gasteiger partial charge in [-0.25, -0.2) is 4.79 Å². The zero-order valence-electron chi connectivity index (χ0n) is 37.5. The molecule has 1 fully saturated rings. The molecule has 350 valence electrons. The van der Waals surface area contributed by atoms with Crippen LogP contribution in [0.2, 0.25) is 0 Å². The lowest BCUT2D eigenvalue weighted by molar-refractivity contribution is -0.351. The van der Waals surface area contributed by atoms with E-state index in [1.54, 1.807) is 0 Å². The summed E-state index contributed by atoms with van der Waals surface area (Å²) in [5, 5.41) is 65.2. The highest BCUT2D eigenvalue weighted by atomic mass is 16.7. The van der Waals surface area contributed by atoms with Gasteiger partial charge in [-0.2, -0.15) is 0 Å². The number of unbranched alkanes of at least 4 members (excludes halogenated alkanes) is 26. The van der Waals surface area contributed by atoms with Crippen molar-refractivity contribution in [2.45, 2.75) is 249 Å². The monoisotopic (exact) mass is 848 g/mol. The number of carboxylic acid groups (broad SMARTS) is 1. The number of amides is 1. The minimum Gasteiger partial charge on any atom is -0.477 e. The van der Waals surface area contributed by atoms with Crippen molar-refractivity contribution in [2.24, 2.45) is 0 Å². The van der Waals surface area contributed by atoms with E-state index in [4.69, 9.17) is 18.9 Å². The van der Waals surface area contributed by atoms with Gasteiger partial charge < -0.3 is 54.9 Å². The van der Waals surface area contributed by atoms with Crippen LogP contribution in [-0.4, -0.2) is 124 Å². The molecule has 0 unspecified atom stereocenters. The van der Waals surface area contributed by atoms with Crippen LogP contribution in [0.4, 0.5) is 0 Å². The van der Waals surface area contributed by atoms with Crippen LogP contribution < -0.4 is 5.32 Å². The average Bonchev–Trinajstić information content (AvgIpc) is 3.22. The van der Waals surface area contributed by atoms with Crippen molar-refractivity contribution < 1.29 is 59.2 Å². The Balaban J connectivity index is 2.67. The van der Waals surface area contributed by atoms with Gasteiger partial charge in [0.05, 0.1) is 25.9 Å². The number of nitrogens with one attached hydrogen (secondary N) is 1. The predicted molar refractivity (Wildman–Crippen MR) is 231 cm³/mol. The summed E-state index contributed by atoms with van der Waals surface area (Å²) < 4.78 is 23.5. The Morgan fingerprint density at radius 2 is 1.05 bits per heavy atom. The third kappa shape index (κ3) is 24.7. The number of carbonyl (C=O) groups excluding carboxylic acids is 1. The molecule has 0 saturated carbocycles. The summed E-state index contributed by atoms with van der Waals surface area (Å²) >= 11 is 0. The SMILES string of the molecule is CCCCCCCCCCCCCCCCOC[C@H](CO[C@]1(C(=O)O)O[C@@H]([C@H](O)[C@H](O)CO)[C@H](NC(C)=O)[C@@H](O)[C@@H]1O)OCCCCCCCCCCCCCCCC. The highest BCUT2D eigenvalue weighted by Crippen LogP contribution is 2.34. The van der Waals surface area contributed by atoms with Gasteiger partial charge in [0.15, 0.2) is 0 Å². The van der Waals surface area contributed by atoms with E-state index in [-0.39, 0.29) is 6.61 Å². The van der Waals surface area contributed by atoms with Gasteiger partial charge in [-0.15, -0.1) is 0 Å². The van der Waals surface area contributed by atoms with Crippen molar-refractivity contribution >= 4 is 11.9 Å². The fourth-order valence-electron chi connectivity index (χ4n) is 7.85. The Hall–Kier alpha value is -1.42. The second kappa shape index (κ2) is 36.1. The van der Waals surface area contributed by atoms with Crippen LogP contribution in [0.25, 0.3) is 0 Å². The zero-order valence-corrected chi connectivity index (χ0v) is 37.5. The van der Waals surface area contributed by atoms with Crippen LogP contribution in [-0.2, 0) is 28.5 Å². The molecule has 8 atom stereocenters. The quantitative estimate of drug-likeness (QED) is 0.0299. The smallest absolute Gasteiger partial charge is 0.367 e. The largest absolute Gasteiger partial charge is 0.477 e. The molecule has 1 aliphatic rings. The Kier molecular flexibility index (Phi) is 34.0. The molecule has 1 heterocycles. The van der Waals surface area contributed by atoms with E-state index >= 15 is 0 Å². The molecule has 13 nitrogen and oxygen atoms in total. The van der Waals surface area contributed by atoms with E-state index in [0.29, 0.717) is 13.2 Å². The van der Waals surface area contributed by atoms with Crippen molar-refractivity contribution in [3.63, 3.8) is 0 Å². The van der Waals surface area contributed by atoms with Crippen LogP contribution in [0.3, 0.4) is 0 Å². The second-order valence-corrected chi connectivity index (χ2v) is 17.0. The van der Waals surface area contributed by atoms with Crippen molar-refractivity contribution in [3.8, 4) is 0 Å². The minimum atomic E-state index is -2.90. The molecule has 0 spiro atoms. The molecule has 1 saturated heterocycles. The summed E-state index contributed by atoms with van der Waals surface area (Å²) in [6.45, 7) is 5.27. The number of ether oxygens (including phenoxy) is 4. The van der Waals surface area contributed by atoms with Gasteiger partial charge in [-0.05, 0) is 12.8 Å². The second-order valence-electron chi connectivity index (χ2n) is 17.0. The maximum Gasteiger partial charge on any atom is 0.367 e. The first-order valence-electron chi connectivity index (χ1n) is 23.9. The van der Waals surface area contributed by atoms with Gasteiger partial charge in [0.25, 0.3) is 5.79 Å². The Bertz CT molecular complexity index is 1010. The Morgan fingerprint density at radius 1 is 0.644 bits per heavy atom. The van der Waals surface area contributed by atoms with E-state index in [0.717, 1.165) is 45.4 Å². The molecule has 1 aliphatic heterocycles. The van der Waals surface area contributed by atoms with Gasteiger partial charge in [0, 0.05) is 20.1 Å². The molecular formula is C46H89NO12. The standard InChI is InChI=1S/C46H89NO12/c1-4-6-8-10-12-14-16-18-20-22-24-26-28-30-32-56-35-38(57-33-31-29-27-25-23-21-19-17-15-13-11-9-7-5-2)36-58-46(45(54)55)44(53)42(52)40(47-37(3)49)43(59-46)41(51)39(50)34-48/h38-44,48,50-53H,4-36H2,1-3H3,(H,47,49)(H,54,55)/t38-,39-,40-,41-,42-,43-,44+,46+/m1/s1. The van der Waals surface area contributed by atoms with Crippen LogP contribution in [0.1, 0.15) is 201 Å². The summed E-state index contributed by atoms with van der Waals surface area (Å²) in [6.07, 6.45) is 24.2. The molecule has 7 N–H and O–H groups in total. The predicted octanol–water partition coefficient (Wildman–Crippen LogP) is 7.49. The highest BCUT2D eigenvalue weighted by Gasteiger charge is 2.62. The maximum absolute atomic E-state index is 12.7. The highest BCUT2D eigenvalue weighted by molar-refractivity contribution is 5.77. The zero-order chi connectivity index (χ0) is 43.6. The third-order valence-corrected chi connectivity index (χ3v) is 11.6. The lowest BCUT2D eigenvalue weighted by atomic mass is 9.86. The van der Waals surface area contributed by atoms with Crippen molar-refractivity contribution in [2.75, 3.05) is 33.0 Å². The van der Waals surface area contributed by atoms with Gasteiger partial charge in [-0.1, -0.05) is 181 Å². The lowest BCUT2D eigenvalue weighted by Crippen LogP contribution is -2.74. The summed E-state index contributed by atoms with van der Waals surface area (Å²) in [6, 6.07) is -1.53. The first kappa shape index (κ1) is 55.6. The molecule has 0 radical (unpaired) electrons. The van der Waals surface area contributed by atoms with Crippen molar-refractivity contribution in [1.29, 1.82) is 0 Å². The summed E-state index contributed by atoms with van der Waals surface area (Å²) in [4.78, 5) is 24.7. The Morgan fingerprint density at radius 3 is 1.44 bits per heavy atom. The number of aliphatic hydroxyl groups is 5. The number of hydrogen-bond donors (Lipinski definition) is 7. The fourth-order valence-corrected chi connectivity index (χ4v) is 7.85. The lowest BCUT2D eigenvalue weighted by Gasteiger charge is -2.49. The maximum atomic E-state index is 12.7. The van der Waals surface area contributed by atoms with Gasteiger partial charge in [0.1, 0.15) is 36.6 Å². The Labute approximate surface area is 357 Å². The number of hydrogen-bond acceptors (Lipinski definition) is 11. The first-order valence-corrected chi connectivity index (χ1v) is 23.9. The van der Waals surface area contributed by atoms with Crippen molar-refractivity contribution in [3.05, 3.63) is 0 Å². The molecule has 13 heteroatoms. The summed E-state index contributed by atoms with van der Waals surface area (Å²) in [7, 11) is 0. The molecular weight excluding hydrogens is 759 g/mol. The van der Waals surface area contributed by atoms with Crippen LogP contribution in [0.15, 0.2) is 0 Å². The molecule has 0 aromatic heterocycles. The normalized spacial score (nSPS) is 22.3. The molecule has 0 aromatic carbocycles. The molecule has 59 heavy (non-hydrogen) atoms. The van der Waals surface area contributed by atoms with E-state index in [1.165, 1.54) is 141 Å². The fraction of sp³-hybridized carbons (Fsp3) is 0.957. The minimum absolute atomic E-state index is 0.0925. The van der Waals surface area contributed by atoms with Gasteiger partial charge in [-0.3, -0.25) is 4.79 Å². The third-order valence-electron chi connectivity index (χ3n) is 11.6.